The maximum absolute atomic E-state index is 11.8. The summed E-state index contributed by atoms with van der Waals surface area (Å²) in [6.45, 7) is 0.448. The van der Waals surface area contributed by atoms with Crippen LogP contribution in [0.4, 0.5) is 0 Å². The average molecular weight is 274 g/mol. The molecule has 3 fully saturated rings. The van der Waals surface area contributed by atoms with E-state index in [9.17, 15) is 18.3 Å². The molecule has 3 rings (SSSR count). The quantitative estimate of drug-likeness (QED) is 0.819. The van der Waals surface area contributed by atoms with E-state index in [0.29, 0.717) is 25.4 Å². The van der Waals surface area contributed by atoms with Gasteiger partial charge < -0.3 is 9.84 Å². The van der Waals surface area contributed by atoms with Gasteiger partial charge in [0.15, 0.2) is 9.84 Å². The Morgan fingerprint density at radius 3 is 2.50 bits per heavy atom. The molecule has 1 saturated carbocycles. The molecule has 6 heteroatoms. The van der Waals surface area contributed by atoms with Gasteiger partial charge in [-0.3, -0.25) is 4.79 Å². The average Bonchev–Trinajstić information content (AvgIpc) is 2.92. The lowest BCUT2D eigenvalue weighted by molar-refractivity contribution is -0.157. The third-order valence-corrected chi connectivity index (χ3v) is 6.50. The monoisotopic (exact) mass is 274 g/mol. The number of carboxylic acids is 1. The molecule has 0 aromatic heterocycles. The maximum atomic E-state index is 11.8. The summed E-state index contributed by atoms with van der Waals surface area (Å²) in [5.41, 5.74) is -0.954. The third-order valence-electron chi connectivity index (χ3n) is 4.73. The number of ether oxygens (including phenoxy) is 1. The molecule has 0 bridgehead atoms. The topological polar surface area (TPSA) is 80.7 Å². The molecule has 2 saturated heterocycles. The summed E-state index contributed by atoms with van der Waals surface area (Å²) in [6.07, 6.45) is 2.69. The summed E-state index contributed by atoms with van der Waals surface area (Å²) in [4.78, 5) is 11.8. The number of carbonyl (C=O) groups is 1. The second-order valence-corrected chi connectivity index (χ2v) is 8.05. The standard InChI is InChI=1S/C12H18O5S/c13-11(14)12(9-3-6-18(15,16)7-9)4-5-17-10(12)8-1-2-8/h8-10H,1-7H2,(H,13,14). The van der Waals surface area contributed by atoms with E-state index < -0.39 is 21.2 Å². The van der Waals surface area contributed by atoms with Gasteiger partial charge in [-0.05, 0) is 37.5 Å². The smallest absolute Gasteiger partial charge is 0.312 e. The summed E-state index contributed by atoms with van der Waals surface area (Å²) in [5, 5.41) is 9.67. The van der Waals surface area contributed by atoms with Gasteiger partial charge in [0, 0.05) is 6.61 Å². The Kier molecular flexibility index (Phi) is 2.71. The molecule has 0 amide bonds. The summed E-state index contributed by atoms with van der Waals surface area (Å²) in [7, 11) is -3.05. The molecule has 3 atom stereocenters. The molecule has 2 heterocycles. The number of sulfone groups is 1. The second-order valence-electron chi connectivity index (χ2n) is 5.82. The fraction of sp³-hybridized carbons (Fsp3) is 0.917. The minimum absolute atomic E-state index is 0.0197. The predicted octanol–water partition coefficient (Wildman–Crippen LogP) is 0.691. The number of carboxylic acid groups (broad SMARTS) is 1. The summed E-state index contributed by atoms with van der Waals surface area (Å²) in [6, 6.07) is 0. The van der Waals surface area contributed by atoms with Crippen LogP contribution in [0.15, 0.2) is 0 Å². The van der Waals surface area contributed by atoms with Crippen molar-refractivity contribution in [1.29, 1.82) is 0 Å². The van der Waals surface area contributed by atoms with Gasteiger partial charge >= 0.3 is 5.97 Å². The molecule has 3 unspecified atom stereocenters. The van der Waals surface area contributed by atoms with Crippen molar-refractivity contribution >= 4 is 15.8 Å². The fourth-order valence-corrected chi connectivity index (χ4v) is 5.53. The normalized spacial score (nSPS) is 43.1. The Hall–Kier alpha value is -0.620. The van der Waals surface area contributed by atoms with E-state index in [2.05, 4.69) is 0 Å². The molecule has 1 N–H and O–H groups in total. The van der Waals surface area contributed by atoms with E-state index in [1.807, 2.05) is 0 Å². The largest absolute Gasteiger partial charge is 0.481 e. The molecular formula is C12H18O5S. The Bertz CT molecular complexity index is 467. The van der Waals surface area contributed by atoms with Crippen LogP contribution in [0.25, 0.3) is 0 Å². The first-order chi connectivity index (χ1) is 8.46. The Morgan fingerprint density at radius 2 is 2.00 bits per heavy atom. The van der Waals surface area contributed by atoms with Crippen LogP contribution < -0.4 is 0 Å². The van der Waals surface area contributed by atoms with Gasteiger partial charge in [0.25, 0.3) is 0 Å². The summed E-state index contributed by atoms with van der Waals surface area (Å²) >= 11 is 0. The molecule has 102 valence electrons. The highest BCUT2D eigenvalue weighted by atomic mass is 32.2. The zero-order valence-corrected chi connectivity index (χ0v) is 11.0. The lowest BCUT2D eigenvalue weighted by Crippen LogP contribution is -2.47. The van der Waals surface area contributed by atoms with Crippen LogP contribution >= 0.6 is 0 Å². The Morgan fingerprint density at radius 1 is 1.28 bits per heavy atom. The minimum atomic E-state index is -3.05. The molecule has 0 aromatic rings. The van der Waals surface area contributed by atoms with E-state index in [4.69, 9.17) is 4.74 Å². The van der Waals surface area contributed by atoms with Gasteiger partial charge in [0.1, 0.15) is 5.41 Å². The van der Waals surface area contributed by atoms with E-state index in [1.54, 1.807) is 0 Å². The molecule has 0 spiro atoms. The van der Waals surface area contributed by atoms with Crippen LogP contribution in [0.2, 0.25) is 0 Å². The van der Waals surface area contributed by atoms with Gasteiger partial charge in [-0.1, -0.05) is 0 Å². The van der Waals surface area contributed by atoms with Crippen LogP contribution in [0.1, 0.15) is 25.7 Å². The molecule has 0 radical (unpaired) electrons. The number of hydrogen-bond donors (Lipinski definition) is 1. The molecule has 2 aliphatic heterocycles. The Labute approximate surface area is 106 Å². The highest BCUT2D eigenvalue weighted by Crippen LogP contribution is 2.53. The zero-order chi connectivity index (χ0) is 13.0. The van der Waals surface area contributed by atoms with Gasteiger partial charge in [0.2, 0.25) is 0 Å². The molecule has 18 heavy (non-hydrogen) atoms. The first kappa shape index (κ1) is 12.4. The van der Waals surface area contributed by atoms with Crippen molar-refractivity contribution in [3.05, 3.63) is 0 Å². The van der Waals surface area contributed by atoms with Crippen LogP contribution in [-0.4, -0.2) is 43.7 Å². The van der Waals surface area contributed by atoms with Gasteiger partial charge in [0.05, 0.1) is 17.6 Å². The van der Waals surface area contributed by atoms with Crippen molar-refractivity contribution in [2.75, 3.05) is 18.1 Å². The van der Waals surface area contributed by atoms with Crippen molar-refractivity contribution in [3.8, 4) is 0 Å². The SMILES string of the molecule is O=C(O)C1(C2CCS(=O)(=O)C2)CCOC1C1CC1. The highest BCUT2D eigenvalue weighted by molar-refractivity contribution is 7.91. The van der Waals surface area contributed by atoms with Crippen molar-refractivity contribution < 1.29 is 23.1 Å². The predicted molar refractivity (Wildman–Crippen MR) is 63.9 cm³/mol. The van der Waals surface area contributed by atoms with Gasteiger partial charge in [-0.25, -0.2) is 8.42 Å². The lowest BCUT2D eigenvalue weighted by atomic mass is 9.68. The van der Waals surface area contributed by atoms with E-state index in [-0.39, 0.29) is 23.5 Å². The molecule has 3 aliphatic rings. The minimum Gasteiger partial charge on any atom is -0.481 e. The fourth-order valence-electron chi connectivity index (χ4n) is 3.64. The molecule has 0 aromatic carbocycles. The van der Waals surface area contributed by atoms with Crippen molar-refractivity contribution in [1.82, 2.24) is 0 Å². The van der Waals surface area contributed by atoms with Crippen molar-refractivity contribution in [3.63, 3.8) is 0 Å². The molecule has 5 nitrogen and oxygen atoms in total. The van der Waals surface area contributed by atoms with Crippen molar-refractivity contribution in [2.45, 2.75) is 31.8 Å². The first-order valence-corrected chi connectivity index (χ1v) is 8.33. The number of hydrogen-bond acceptors (Lipinski definition) is 4. The van der Waals surface area contributed by atoms with Crippen LogP contribution in [-0.2, 0) is 19.4 Å². The van der Waals surface area contributed by atoms with E-state index in [1.165, 1.54) is 0 Å². The first-order valence-electron chi connectivity index (χ1n) is 6.51. The summed E-state index contributed by atoms with van der Waals surface area (Å²) < 4.78 is 28.9. The van der Waals surface area contributed by atoms with E-state index in [0.717, 1.165) is 12.8 Å². The second kappa shape index (κ2) is 3.93. The van der Waals surface area contributed by atoms with Gasteiger partial charge in [-0.2, -0.15) is 0 Å². The Balaban J connectivity index is 1.94. The molecule has 1 aliphatic carbocycles. The maximum Gasteiger partial charge on any atom is 0.312 e. The molecular weight excluding hydrogens is 256 g/mol. The van der Waals surface area contributed by atoms with Crippen LogP contribution in [0.3, 0.4) is 0 Å². The third kappa shape index (κ3) is 1.77. The number of aliphatic carboxylic acids is 1. The highest BCUT2D eigenvalue weighted by Gasteiger charge is 2.61. The lowest BCUT2D eigenvalue weighted by Gasteiger charge is -2.34. The van der Waals surface area contributed by atoms with Crippen LogP contribution in [0, 0.1) is 17.3 Å². The van der Waals surface area contributed by atoms with Crippen molar-refractivity contribution in [2.24, 2.45) is 17.3 Å². The van der Waals surface area contributed by atoms with Gasteiger partial charge in [-0.15, -0.1) is 0 Å². The van der Waals surface area contributed by atoms with Crippen LogP contribution in [0.5, 0.6) is 0 Å². The summed E-state index contributed by atoms with van der Waals surface area (Å²) in [5.74, 6) is -0.658. The zero-order valence-electron chi connectivity index (χ0n) is 10.2. The number of rotatable bonds is 3. The van der Waals surface area contributed by atoms with E-state index >= 15 is 0 Å².